The summed E-state index contributed by atoms with van der Waals surface area (Å²) in [5.41, 5.74) is 0.685. The first kappa shape index (κ1) is 10.3. The maximum atomic E-state index is 12.1. The first-order valence-corrected chi connectivity index (χ1v) is 5.42. The van der Waals surface area contributed by atoms with Gasteiger partial charge in [-0.1, -0.05) is 0 Å². The maximum Gasteiger partial charge on any atom is 0.257 e. The second kappa shape index (κ2) is 3.72. The van der Waals surface area contributed by atoms with E-state index in [1.165, 1.54) is 12.8 Å². The first-order chi connectivity index (χ1) is 7.11. The smallest absolute Gasteiger partial charge is 0.257 e. The molecule has 1 fully saturated rings. The van der Waals surface area contributed by atoms with Crippen LogP contribution in [0.3, 0.4) is 0 Å². The average Bonchev–Trinajstić information content (AvgIpc) is 2.98. The quantitative estimate of drug-likeness (QED) is 0.762. The summed E-state index contributed by atoms with van der Waals surface area (Å²) in [6.45, 7) is 3.94. The van der Waals surface area contributed by atoms with Crippen molar-refractivity contribution in [1.29, 1.82) is 0 Å². The van der Waals surface area contributed by atoms with E-state index in [1.807, 2.05) is 18.9 Å². The second-order valence-corrected chi connectivity index (χ2v) is 4.38. The minimum atomic E-state index is 0.0700. The van der Waals surface area contributed by atoms with Crippen LogP contribution >= 0.6 is 0 Å². The summed E-state index contributed by atoms with van der Waals surface area (Å²) < 4.78 is 5.14. The molecule has 0 radical (unpaired) electrons. The third kappa shape index (κ3) is 1.91. The molecule has 0 aliphatic heterocycles. The fourth-order valence-electron chi connectivity index (χ4n) is 1.88. The highest BCUT2D eigenvalue weighted by Gasteiger charge is 2.33. The third-order valence-corrected chi connectivity index (χ3v) is 3.32. The van der Waals surface area contributed by atoms with E-state index in [4.69, 9.17) is 4.42 Å². The van der Waals surface area contributed by atoms with Crippen LogP contribution < -0.4 is 0 Å². The lowest BCUT2D eigenvalue weighted by Gasteiger charge is -2.24. The van der Waals surface area contributed by atoms with Gasteiger partial charge in [0.1, 0.15) is 5.76 Å². The monoisotopic (exact) mass is 207 g/mol. The molecule has 1 aromatic heterocycles. The maximum absolute atomic E-state index is 12.1. The van der Waals surface area contributed by atoms with E-state index in [2.05, 4.69) is 6.92 Å². The molecule has 1 aliphatic rings. The van der Waals surface area contributed by atoms with Crippen LogP contribution in [-0.2, 0) is 0 Å². The number of amides is 1. The molecule has 0 saturated heterocycles. The molecular formula is C12H17NO2. The largest absolute Gasteiger partial charge is 0.469 e. The van der Waals surface area contributed by atoms with E-state index in [0.29, 0.717) is 23.3 Å². The number of furan rings is 1. The van der Waals surface area contributed by atoms with Gasteiger partial charge in [0.2, 0.25) is 0 Å². The lowest BCUT2D eigenvalue weighted by molar-refractivity contribution is 0.0725. The van der Waals surface area contributed by atoms with Gasteiger partial charge in [-0.25, -0.2) is 0 Å². The molecule has 1 aromatic rings. The minimum absolute atomic E-state index is 0.0700. The molecule has 3 nitrogen and oxygen atoms in total. The Morgan fingerprint density at radius 1 is 1.60 bits per heavy atom. The summed E-state index contributed by atoms with van der Waals surface area (Å²) in [5, 5.41) is 0. The number of aryl methyl sites for hydroxylation is 1. The molecule has 0 N–H and O–H groups in total. The van der Waals surface area contributed by atoms with Crippen LogP contribution in [-0.4, -0.2) is 23.9 Å². The number of nitrogens with zero attached hydrogens (tertiary/aromatic N) is 1. The molecule has 0 aromatic carbocycles. The van der Waals surface area contributed by atoms with Crippen molar-refractivity contribution in [3.63, 3.8) is 0 Å². The van der Waals surface area contributed by atoms with Crippen molar-refractivity contribution in [2.24, 2.45) is 5.92 Å². The number of carbonyl (C=O) groups is 1. The lowest BCUT2D eigenvalue weighted by Crippen LogP contribution is -2.36. The van der Waals surface area contributed by atoms with Crippen molar-refractivity contribution in [3.8, 4) is 0 Å². The van der Waals surface area contributed by atoms with Crippen LogP contribution in [0.25, 0.3) is 0 Å². The Balaban J connectivity index is 2.10. The lowest BCUT2D eigenvalue weighted by atomic mass is 10.1. The van der Waals surface area contributed by atoms with Gasteiger partial charge in [0.05, 0.1) is 11.8 Å². The van der Waals surface area contributed by atoms with Gasteiger partial charge in [0.15, 0.2) is 0 Å². The molecular weight excluding hydrogens is 190 g/mol. The molecule has 2 rings (SSSR count). The van der Waals surface area contributed by atoms with E-state index < -0.39 is 0 Å². The van der Waals surface area contributed by atoms with Crippen LogP contribution in [0, 0.1) is 12.8 Å². The van der Waals surface area contributed by atoms with Gasteiger partial charge in [-0.15, -0.1) is 0 Å². The molecule has 1 aliphatic carbocycles. The molecule has 1 heterocycles. The molecule has 1 amide bonds. The number of hydrogen-bond acceptors (Lipinski definition) is 2. The van der Waals surface area contributed by atoms with Crippen LogP contribution in [0.15, 0.2) is 16.7 Å². The van der Waals surface area contributed by atoms with Crippen LogP contribution in [0.2, 0.25) is 0 Å². The SMILES string of the molecule is Cc1occc1C(=O)N(C)C(C)C1CC1. The van der Waals surface area contributed by atoms with Crippen molar-refractivity contribution >= 4 is 5.91 Å². The van der Waals surface area contributed by atoms with E-state index in [-0.39, 0.29) is 5.91 Å². The Kier molecular flexibility index (Phi) is 2.55. The summed E-state index contributed by atoms with van der Waals surface area (Å²) in [6.07, 6.45) is 4.07. The molecule has 82 valence electrons. The number of rotatable bonds is 3. The van der Waals surface area contributed by atoms with Gasteiger partial charge in [0.25, 0.3) is 5.91 Å². The molecule has 0 bridgehead atoms. The Hall–Kier alpha value is -1.25. The van der Waals surface area contributed by atoms with Crippen molar-refractivity contribution in [3.05, 3.63) is 23.7 Å². The highest BCUT2D eigenvalue weighted by atomic mass is 16.3. The van der Waals surface area contributed by atoms with Gasteiger partial charge < -0.3 is 9.32 Å². The molecule has 3 heteroatoms. The van der Waals surface area contributed by atoms with Gasteiger partial charge in [-0.2, -0.15) is 0 Å². The van der Waals surface area contributed by atoms with Crippen LogP contribution in [0.5, 0.6) is 0 Å². The highest BCUT2D eigenvalue weighted by molar-refractivity contribution is 5.95. The fourth-order valence-corrected chi connectivity index (χ4v) is 1.88. The number of carbonyl (C=O) groups excluding carboxylic acids is 1. The second-order valence-electron chi connectivity index (χ2n) is 4.38. The fraction of sp³-hybridized carbons (Fsp3) is 0.583. The van der Waals surface area contributed by atoms with Gasteiger partial charge >= 0.3 is 0 Å². The van der Waals surface area contributed by atoms with E-state index in [1.54, 1.807) is 12.3 Å². The van der Waals surface area contributed by atoms with Crippen molar-refractivity contribution in [2.75, 3.05) is 7.05 Å². The number of hydrogen-bond donors (Lipinski definition) is 0. The van der Waals surface area contributed by atoms with Crippen molar-refractivity contribution in [2.45, 2.75) is 32.7 Å². The van der Waals surface area contributed by atoms with E-state index >= 15 is 0 Å². The summed E-state index contributed by atoms with van der Waals surface area (Å²) >= 11 is 0. The zero-order chi connectivity index (χ0) is 11.0. The Bertz CT molecular complexity index is 365. The van der Waals surface area contributed by atoms with Gasteiger partial charge in [-0.3, -0.25) is 4.79 Å². The molecule has 1 atom stereocenters. The zero-order valence-corrected chi connectivity index (χ0v) is 9.49. The van der Waals surface area contributed by atoms with Gasteiger partial charge in [0, 0.05) is 13.1 Å². The Morgan fingerprint density at radius 2 is 2.27 bits per heavy atom. The average molecular weight is 207 g/mol. The summed E-state index contributed by atoms with van der Waals surface area (Å²) in [7, 11) is 1.87. The topological polar surface area (TPSA) is 33.5 Å². The third-order valence-electron chi connectivity index (χ3n) is 3.32. The van der Waals surface area contributed by atoms with Gasteiger partial charge in [-0.05, 0) is 38.7 Å². The first-order valence-electron chi connectivity index (χ1n) is 5.42. The predicted octanol–water partition coefficient (Wildman–Crippen LogP) is 2.46. The Labute approximate surface area is 90.1 Å². The van der Waals surface area contributed by atoms with Crippen molar-refractivity contribution < 1.29 is 9.21 Å². The standard InChI is InChI=1S/C12H17NO2/c1-8(10-4-5-10)13(3)12(14)11-6-7-15-9(11)2/h6-8,10H,4-5H2,1-3H3. The normalized spacial score (nSPS) is 17.5. The van der Waals surface area contributed by atoms with E-state index in [0.717, 1.165) is 0 Å². The summed E-state index contributed by atoms with van der Waals surface area (Å²) in [6, 6.07) is 2.08. The van der Waals surface area contributed by atoms with Crippen molar-refractivity contribution in [1.82, 2.24) is 4.90 Å². The van der Waals surface area contributed by atoms with E-state index in [9.17, 15) is 4.79 Å². The molecule has 1 saturated carbocycles. The zero-order valence-electron chi connectivity index (χ0n) is 9.49. The molecule has 0 spiro atoms. The highest BCUT2D eigenvalue weighted by Crippen LogP contribution is 2.35. The Morgan fingerprint density at radius 3 is 2.73 bits per heavy atom. The van der Waals surface area contributed by atoms with Crippen LogP contribution in [0.4, 0.5) is 0 Å². The molecule has 15 heavy (non-hydrogen) atoms. The minimum Gasteiger partial charge on any atom is -0.469 e. The predicted molar refractivity (Wildman–Crippen MR) is 57.7 cm³/mol. The summed E-state index contributed by atoms with van der Waals surface area (Å²) in [4.78, 5) is 13.9. The summed E-state index contributed by atoms with van der Waals surface area (Å²) in [5.74, 6) is 1.47. The van der Waals surface area contributed by atoms with Crippen LogP contribution in [0.1, 0.15) is 35.9 Å². The molecule has 1 unspecified atom stereocenters.